The fourth-order valence-corrected chi connectivity index (χ4v) is 2.22. The molecule has 1 N–H and O–H groups in total. The van der Waals surface area contributed by atoms with E-state index in [1.54, 1.807) is 12.1 Å². The summed E-state index contributed by atoms with van der Waals surface area (Å²) in [6.07, 6.45) is 4.23. The maximum Gasteiger partial charge on any atom is 0.328 e. The molecule has 0 aromatic heterocycles. The Morgan fingerprint density at radius 3 is 2.30 bits per heavy atom. The molecule has 4 heteroatoms. The molecule has 0 radical (unpaired) electrons. The summed E-state index contributed by atoms with van der Waals surface area (Å²) in [6, 6.07) is 6.67. The fourth-order valence-electron chi connectivity index (χ4n) is 2.22. The highest BCUT2D eigenvalue weighted by atomic mass is 16.5. The van der Waals surface area contributed by atoms with Gasteiger partial charge in [0.05, 0.1) is 6.61 Å². The number of ether oxygens (including phenoxy) is 1. The summed E-state index contributed by atoms with van der Waals surface area (Å²) in [7, 11) is 0. The highest BCUT2D eigenvalue weighted by Gasteiger charge is 2.26. The Bertz CT molecular complexity index is 494. The minimum absolute atomic E-state index is 0.0208. The second-order valence-electron chi connectivity index (χ2n) is 6.29. The summed E-state index contributed by atoms with van der Waals surface area (Å²) < 4.78 is 5.31. The van der Waals surface area contributed by atoms with Crippen molar-refractivity contribution in [2.24, 2.45) is 5.92 Å². The number of esters is 1. The van der Waals surface area contributed by atoms with Crippen LogP contribution in [0.3, 0.4) is 0 Å². The van der Waals surface area contributed by atoms with E-state index in [0.29, 0.717) is 12.2 Å². The number of aryl methyl sites for hydroxylation is 1. The Hall–Kier alpha value is -1.84. The van der Waals surface area contributed by atoms with Crippen LogP contribution in [0.4, 0.5) is 0 Å². The van der Waals surface area contributed by atoms with Crippen LogP contribution < -0.4 is 5.32 Å². The number of carbonyl (C=O) groups excluding carboxylic acids is 2. The predicted octanol–water partition coefficient (Wildman–Crippen LogP) is 3.87. The van der Waals surface area contributed by atoms with Gasteiger partial charge >= 0.3 is 5.97 Å². The van der Waals surface area contributed by atoms with Crippen molar-refractivity contribution in [3.8, 4) is 0 Å². The molecule has 1 unspecified atom stereocenters. The van der Waals surface area contributed by atoms with Crippen LogP contribution in [0, 0.1) is 12.8 Å². The molecule has 4 nitrogen and oxygen atoms in total. The molecule has 0 bridgehead atoms. The quantitative estimate of drug-likeness (QED) is 0.555. The molecule has 0 fully saturated rings. The molecule has 0 aliphatic heterocycles. The van der Waals surface area contributed by atoms with Gasteiger partial charge < -0.3 is 10.1 Å². The molecular weight excluding hydrogens is 290 g/mol. The average Bonchev–Trinajstić information content (AvgIpc) is 2.52. The SMILES string of the molecule is CCCCCCOC(=O)C(NC(=O)c1ccc(C)cc1)C(C)C. The van der Waals surface area contributed by atoms with Gasteiger partial charge in [-0.2, -0.15) is 0 Å². The number of benzene rings is 1. The molecule has 0 saturated carbocycles. The summed E-state index contributed by atoms with van der Waals surface area (Å²) >= 11 is 0. The van der Waals surface area contributed by atoms with Gasteiger partial charge in [0, 0.05) is 5.56 Å². The molecule has 1 amide bonds. The first kappa shape index (κ1) is 19.2. The number of unbranched alkanes of at least 4 members (excludes halogenated alkanes) is 3. The molecule has 0 saturated heterocycles. The zero-order chi connectivity index (χ0) is 17.2. The van der Waals surface area contributed by atoms with Crippen LogP contribution in [0.2, 0.25) is 0 Å². The van der Waals surface area contributed by atoms with Crippen LogP contribution in [0.25, 0.3) is 0 Å². The average molecular weight is 319 g/mol. The second-order valence-corrected chi connectivity index (χ2v) is 6.29. The van der Waals surface area contributed by atoms with Gasteiger partial charge in [0.2, 0.25) is 0 Å². The lowest BCUT2D eigenvalue weighted by molar-refractivity contribution is -0.147. The molecule has 1 atom stereocenters. The lowest BCUT2D eigenvalue weighted by Gasteiger charge is -2.21. The van der Waals surface area contributed by atoms with E-state index in [1.807, 2.05) is 32.9 Å². The predicted molar refractivity (Wildman–Crippen MR) is 92.4 cm³/mol. The maximum atomic E-state index is 12.3. The van der Waals surface area contributed by atoms with Gasteiger partial charge in [-0.1, -0.05) is 57.7 Å². The smallest absolute Gasteiger partial charge is 0.328 e. The monoisotopic (exact) mass is 319 g/mol. The summed E-state index contributed by atoms with van der Waals surface area (Å²) in [6.45, 7) is 8.33. The van der Waals surface area contributed by atoms with Gasteiger partial charge in [0.15, 0.2) is 0 Å². The van der Waals surface area contributed by atoms with Crippen LogP contribution >= 0.6 is 0 Å². The minimum atomic E-state index is -0.616. The first-order valence-corrected chi connectivity index (χ1v) is 8.49. The first-order valence-electron chi connectivity index (χ1n) is 8.49. The van der Waals surface area contributed by atoms with E-state index < -0.39 is 6.04 Å². The van der Waals surface area contributed by atoms with Crippen molar-refractivity contribution in [1.29, 1.82) is 0 Å². The molecule has 0 aliphatic rings. The summed E-state index contributed by atoms with van der Waals surface area (Å²) in [5, 5.41) is 2.79. The molecule has 128 valence electrons. The Labute approximate surface area is 139 Å². The second kappa shape index (κ2) is 10.0. The number of nitrogens with one attached hydrogen (secondary N) is 1. The third kappa shape index (κ3) is 6.85. The largest absolute Gasteiger partial charge is 0.464 e. The van der Waals surface area contributed by atoms with Crippen LogP contribution in [0.5, 0.6) is 0 Å². The van der Waals surface area contributed by atoms with Crippen molar-refractivity contribution in [1.82, 2.24) is 5.32 Å². The van der Waals surface area contributed by atoms with E-state index in [2.05, 4.69) is 12.2 Å². The number of carbonyl (C=O) groups is 2. The molecule has 1 aromatic rings. The van der Waals surface area contributed by atoms with Crippen LogP contribution in [-0.2, 0) is 9.53 Å². The van der Waals surface area contributed by atoms with Crippen LogP contribution in [0.1, 0.15) is 62.4 Å². The van der Waals surface area contributed by atoms with Crippen molar-refractivity contribution in [2.45, 2.75) is 59.4 Å². The number of rotatable bonds is 9. The minimum Gasteiger partial charge on any atom is -0.464 e. The lowest BCUT2D eigenvalue weighted by atomic mass is 10.0. The molecule has 0 spiro atoms. The maximum absolute atomic E-state index is 12.3. The molecule has 0 heterocycles. The zero-order valence-electron chi connectivity index (χ0n) is 14.7. The third-order valence-corrected chi connectivity index (χ3v) is 3.76. The van der Waals surface area contributed by atoms with Gasteiger partial charge in [-0.3, -0.25) is 4.79 Å². The van der Waals surface area contributed by atoms with E-state index in [9.17, 15) is 9.59 Å². The van der Waals surface area contributed by atoms with Gasteiger partial charge in [0.1, 0.15) is 6.04 Å². The first-order chi connectivity index (χ1) is 11.0. The Kier molecular flexibility index (Phi) is 8.38. The van der Waals surface area contributed by atoms with Crippen molar-refractivity contribution in [2.75, 3.05) is 6.61 Å². The highest BCUT2D eigenvalue weighted by Crippen LogP contribution is 2.09. The van der Waals surface area contributed by atoms with E-state index in [-0.39, 0.29) is 17.8 Å². The highest BCUT2D eigenvalue weighted by molar-refractivity contribution is 5.96. The van der Waals surface area contributed by atoms with E-state index >= 15 is 0 Å². The standard InChI is InChI=1S/C19H29NO3/c1-5-6-7-8-13-23-19(22)17(14(2)3)20-18(21)16-11-9-15(4)10-12-16/h9-12,14,17H,5-8,13H2,1-4H3,(H,20,21). The number of hydrogen-bond donors (Lipinski definition) is 1. The van der Waals surface area contributed by atoms with E-state index in [0.717, 1.165) is 31.2 Å². The zero-order valence-corrected chi connectivity index (χ0v) is 14.7. The molecule has 1 aromatic carbocycles. The summed E-state index contributed by atoms with van der Waals surface area (Å²) in [5.41, 5.74) is 1.64. The van der Waals surface area contributed by atoms with Crippen LogP contribution in [0.15, 0.2) is 24.3 Å². The molecule has 0 aliphatic carbocycles. The van der Waals surface area contributed by atoms with Crippen molar-refractivity contribution < 1.29 is 14.3 Å². The molecular formula is C19H29NO3. The van der Waals surface area contributed by atoms with Crippen molar-refractivity contribution >= 4 is 11.9 Å². The third-order valence-electron chi connectivity index (χ3n) is 3.76. The van der Waals surface area contributed by atoms with Crippen molar-refractivity contribution in [3.05, 3.63) is 35.4 Å². The Morgan fingerprint density at radius 2 is 1.74 bits per heavy atom. The number of amides is 1. The van der Waals surface area contributed by atoms with Gasteiger partial charge in [0.25, 0.3) is 5.91 Å². The summed E-state index contributed by atoms with van der Waals surface area (Å²) in [4.78, 5) is 24.5. The Balaban J connectivity index is 2.55. The fraction of sp³-hybridized carbons (Fsp3) is 0.579. The van der Waals surface area contributed by atoms with Crippen LogP contribution in [-0.4, -0.2) is 24.5 Å². The van der Waals surface area contributed by atoms with Gasteiger partial charge in [-0.05, 0) is 31.4 Å². The van der Waals surface area contributed by atoms with E-state index in [4.69, 9.17) is 4.74 Å². The Morgan fingerprint density at radius 1 is 1.09 bits per heavy atom. The van der Waals surface area contributed by atoms with Crippen molar-refractivity contribution in [3.63, 3.8) is 0 Å². The van der Waals surface area contributed by atoms with E-state index in [1.165, 1.54) is 0 Å². The number of hydrogen-bond acceptors (Lipinski definition) is 3. The normalized spacial score (nSPS) is 12.0. The van der Waals surface area contributed by atoms with Gasteiger partial charge in [-0.25, -0.2) is 4.79 Å². The topological polar surface area (TPSA) is 55.4 Å². The lowest BCUT2D eigenvalue weighted by Crippen LogP contribution is -2.45. The summed E-state index contributed by atoms with van der Waals surface area (Å²) in [5.74, 6) is -0.615. The molecule has 1 rings (SSSR count). The van der Waals surface area contributed by atoms with Gasteiger partial charge in [-0.15, -0.1) is 0 Å². The molecule has 23 heavy (non-hydrogen) atoms.